The van der Waals surface area contributed by atoms with Gasteiger partial charge in [0.2, 0.25) is 5.82 Å². The summed E-state index contributed by atoms with van der Waals surface area (Å²) in [6.07, 6.45) is 0. The first kappa shape index (κ1) is 12.7. The van der Waals surface area contributed by atoms with E-state index in [4.69, 9.17) is 16.1 Å². The SMILES string of the molecule is Cc1cccc(-c2nc(-c3ccc(Cl)cc3)no2)c1O. The van der Waals surface area contributed by atoms with Crippen molar-refractivity contribution in [3.63, 3.8) is 0 Å². The van der Waals surface area contributed by atoms with Crippen molar-refractivity contribution in [1.29, 1.82) is 0 Å². The van der Waals surface area contributed by atoms with Gasteiger partial charge >= 0.3 is 0 Å². The molecule has 0 amide bonds. The molecule has 0 fully saturated rings. The van der Waals surface area contributed by atoms with Crippen molar-refractivity contribution in [2.75, 3.05) is 0 Å². The van der Waals surface area contributed by atoms with Crippen LogP contribution < -0.4 is 0 Å². The number of phenols is 1. The lowest BCUT2D eigenvalue weighted by molar-refractivity contribution is 0.425. The molecule has 0 saturated carbocycles. The van der Waals surface area contributed by atoms with Crippen LogP contribution in [0.1, 0.15) is 5.56 Å². The quantitative estimate of drug-likeness (QED) is 0.771. The molecule has 20 heavy (non-hydrogen) atoms. The number of aromatic hydroxyl groups is 1. The highest BCUT2D eigenvalue weighted by Gasteiger charge is 2.14. The van der Waals surface area contributed by atoms with Crippen molar-refractivity contribution in [2.24, 2.45) is 0 Å². The lowest BCUT2D eigenvalue weighted by Crippen LogP contribution is -1.83. The maximum Gasteiger partial charge on any atom is 0.262 e. The maximum absolute atomic E-state index is 10.0. The van der Waals surface area contributed by atoms with Crippen molar-refractivity contribution in [1.82, 2.24) is 10.1 Å². The van der Waals surface area contributed by atoms with Gasteiger partial charge in [0.05, 0.1) is 5.56 Å². The molecule has 0 bridgehead atoms. The molecule has 100 valence electrons. The number of nitrogens with zero attached hydrogens (tertiary/aromatic N) is 2. The molecule has 5 heteroatoms. The Labute approximate surface area is 120 Å². The normalized spacial score (nSPS) is 10.7. The van der Waals surface area contributed by atoms with E-state index in [-0.39, 0.29) is 11.6 Å². The highest BCUT2D eigenvalue weighted by atomic mass is 35.5. The minimum Gasteiger partial charge on any atom is -0.507 e. The molecule has 2 aromatic carbocycles. The predicted octanol–water partition coefficient (Wildman–Crippen LogP) is 4.07. The predicted molar refractivity (Wildman–Crippen MR) is 76.6 cm³/mol. The number of para-hydroxylation sites is 1. The second-order valence-electron chi connectivity index (χ2n) is 4.40. The minimum atomic E-state index is 0.152. The second-order valence-corrected chi connectivity index (χ2v) is 4.84. The molecule has 4 nitrogen and oxygen atoms in total. The van der Waals surface area contributed by atoms with Crippen molar-refractivity contribution in [2.45, 2.75) is 6.92 Å². The van der Waals surface area contributed by atoms with Gasteiger partial charge < -0.3 is 9.63 Å². The standard InChI is InChI=1S/C15H11ClN2O2/c1-9-3-2-4-12(13(9)19)15-17-14(18-20-15)10-5-7-11(16)8-6-10/h2-8,19H,1H3. The van der Waals surface area contributed by atoms with Crippen molar-refractivity contribution < 1.29 is 9.63 Å². The fourth-order valence-corrected chi connectivity index (χ4v) is 2.01. The summed E-state index contributed by atoms with van der Waals surface area (Å²) in [7, 11) is 0. The van der Waals surface area contributed by atoms with Crippen LogP contribution in [0.5, 0.6) is 5.75 Å². The van der Waals surface area contributed by atoms with Crippen LogP contribution in [-0.4, -0.2) is 15.2 Å². The number of rotatable bonds is 2. The van der Waals surface area contributed by atoms with Gasteiger partial charge in [-0.15, -0.1) is 0 Å². The van der Waals surface area contributed by atoms with Crippen molar-refractivity contribution >= 4 is 11.6 Å². The van der Waals surface area contributed by atoms with E-state index in [9.17, 15) is 5.11 Å². The van der Waals surface area contributed by atoms with Crippen molar-refractivity contribution in [3.05, 3.63) is 53.1 Å². The van der Waals surface area contributed by atoms with Gasteiger partial charge in [-0.3, -0.25) is 0 Å². The fraction of sp³-hybridized carbons (Fsp3) is 0.0667. The number of hydrogen-bond donors (Lipinski definition) is 1. The Morgan fingerprint density at radius 3 is 2.60 bits per heavy atom. The second kappa shape index (κ2) is 4.98. The van der Waals surface area contributed by atoms with Gasteiger partial charge in [0, 0.05) is 10.6 Å². The Balaban J connectivity index is 2.02. The van der Waals surface area contributed by atoms with E-state index in [1.165, 1.54) is 0 Å². The Morgan fingerprint density at radius 2 is 1.85 bits per heavy atom. The summed E-state index contributed by atoms with van der Waals surface area (Å²) in [6.45, 7) is 1.81. The highest BCUT2D eigenvalue weighted by Crippen LogP contribution is 2.31. The lowest BCUT2D eigenvalue weighted by atomic mass is 10.1. The summed E-state index contributed by atoms with van der Waals surface area (Å²) in [6, 6.07) is 12.5. The van der Waals surface area contributed by atoms with Crippen molar-refractivity contribution in [3.8, 4) is 28.6 Å². The van der Waals surface area contributed by atoms with E-state index >= 15 is 0 Å². The summed E-state index contributed by atoms with van der Waals surface area (Å²) < 4.78 is 5.22. The first-order valence-corrected chi connectivity index (χ1v) is 6.41. The molecule has 0 radical (unpaired) electrons. The molecule has 3 rings (SSSR count). The van der Waals surface area contributed by atoms with Crippen LogP contribution in [0.4, 0.5) is 0 Å². The van der Waals surface area contributed by atoms with E-state index in [0.717, 1.165) is 11.1 Å². The van der Waals surface area contributed by atoms with E-state index in [2.05, 4.69) is 10.1 Å². The van der Waals surface area contributed by atoms with E-state index in [0.29, 0.717) is 16.4 Å². The van der Waals surface area contributed by atoms with E-state index in [1.807, 2.05) is 31.2 Å². The van der Waals surface area contributed by atoms with Gasteiger partial charge in [0.1, 0.15) is 5.75 Å². The zero-order valence-corrected chi connectivity index (χ0v) is 11.4. The zero-order valence-electron chi connectivity index (χ0n) is 10.7. The van der Waals surface area contributed by atoms with Crippen LogP contribution in [0.2, 0.25) is 5.02 Å². The molecule has 0 saturated heterocycles. The monoisotopic (exact) mass is 286 g/mol. The van der Waals surface area contributed by atoms with Gasteiger partial charge in [0.15, 0.2) is 0 Å². The molecule has 0 unspecified atom stereocenters. The molecule has 0 aliphatic heterocycles. The summed E-state index contributed by atoms with van der Waals surface area (Å²) in [5.74, 6) is 0.896. The van der Waals surface area contributed by atoms with Gasteiger partial charge in [-0.25, -0.2) is 0 Å². The van der Waals surface area contributed by atoms with Crippen LogP contribution >= 0.6 is 11.6 Å². The summed E-state index contributed by atoms with van der Waals surface area (Å²) in [5.41, 5.74) is 2.09. The van der Waals surface area contributed by atoms with Gasteiger partial charge in [-0.1, -0.05) is 28.9 Å². The molecular weight excluding hydrogens is 276 g/mol. The zero-order chi connectivity index (χ0) is 14.1. The molecule has 1 aromatic heterocycles. The van der Waals surface area contributed by atoms with Gasteiger partial charge in [-0.05, 0) is 42.8 Å². The largest absolute Gasteiger partial charge is 0.507 e. The molecule has 3 aromatic rings. The Bertz CT molecular complexity index is 751. The number of benzene rings is 2. The molecule has 0 atom stereocenters. The molecule has 0 aliphatic rings. The fourth-order valence-electron chi connectivity index (χ4n) is 1.88. The molecule has 0 spiro atoms. The summed E-state index contributed by atoms with van der Waals surface area (Å²) >= 11 is 5.84. The molecule has 0 aliphatic carbocycles. The number of hydrogen-bond acceptors (Lipinski definition) is 4. The smallest absolute Gasteiger partial charge is 0.262 e. The highest BCUT2D eigenvalue weighted by molar-refractivity contribution is 6.30. The first-order valence-electron chi connectivity index (χ1n) is 6.04. The molecule has 1 N–H and O–H groups in total. The Hall–Kier alpha value is -2.33. The topological polar surface area (TPSA) is 59.2 Å². The van der Waals surface area contributed by atoms with Crippen LogP contribution in [0.15, 0.2) is 47.0 Å². The third-order valence-electron chi connectivity index (χ3n) is 3.00. The van der Waals surface area contributed by atoms with Crippen LogP contribution in [0.25, 0.3) is 22.8 Å². The number of aromatic nitrogens is 2. The maximum atomic E-state index is 10.0. The Morgan fingerprint density at radius 1 is 1.10 bits per heavy atom. The van der Waals surface area contributed by atoms with Gasteiger partial charge in [0.25, 0.3) is 5.89 Å². The number of aryl methyl sites for hydroxylation is 1. The third kappa shape index (κ3) is 2.26. The summed E-state index contributed by atoms with van der Waals surface area (Å²) in [4.78, 5) is 4.30. The number of phenolic OH excluding ortho intramolecular Hbond substituents is 1. The van der Waals surface area contributed by atoms with Crippen LogP contribution in [0.3, 0.4) is 0 Å². The minimum absolute atomic E-state index is 0.152. The van der Waals surface area contributed by atoms with E-state index < -0.39 is 0 Å². The lowest BCUT2D eigenvalue weighted by Gasteiger charge is -2.01. The first-order chi connectivity index (χ1) is 9.65. The van der Waals surface area contributed by atoms with Gasteiger partial charge in [-0.2, -0.15) is 4.98 Å². The third-order valence-corrected chi connectivity index (χ3v) is 3.25. The van der Waals surface area contributed by atoms with Crippen LogP contribution in [-0.2, 0) is 0 Å². The average Bonchev–Trinajstić information content (AvgIpc) is 2.92. The molecular formula is C15H11ClN2O2. The van der Waals surface area contributed by atoms with E-state index in [1.54, 1.807) is 18.2 Å². The Kier molecular flexibility index (Phi) is 3.16. The molecule has 1 heterocycles. The van der Waals surface area contributed by atoms with Crippen LogP contribution in [0, 0.1) is 6.92 Å². The number of halogens is 1. The summed E-state index contributed by atoms with van der Waals surface area (Å²) in [5, 5.41) is 14.6. The average molecular weight is 287 g/mol.